The molecule has 2 aliphatic heterocycles. The topological polar surface area (TPSA) is 56.3 Å². The quantitative estimate of drug-likeness (QED) is 0.671. The van der Waals surface area contributed by atoms with E-state index in [1.807, 2.05) is 25.8 Å². The van der Waals surface area contributed by atoms with Gasteiger partial charge in [0.05, 0.1) is 26.3 Å². The Morgan fingerprint density at radius 1 is 0.957 bits per heavy atom. The molecule has 0 aromatic rings. The Morgan fingerprint density at radius 3 is 2.09 bits per heavy atom. The number of piperazine rings is 1. The molecule has 2 aliphatic rings. The summed E-state index contributed by atoms with van der Waals surface area (Å²) >= 11 is 0. The van der Waals surface area contributed by atoms with Gasteiger partial charge in [0.1, 0.15) is 0 Å². The lowest BCUT2D eigenvalue weighted by Gasteiger charge is -2.36. The molecule has 0 aromatic carbocycles. The normalized spacial score (nSPS) is 20.8. The van der Waals surface area contributed by atoms with Crippen molar-refractivity contribution in [1.82, 2.24) is 19.6 Å². The maximum atomic E-state index is 12.3. The Kier molecular flexibility index (Phi) is 6.80. The molecule has 0 atom stereocenters. The van der Waals surface area contributed by atoms with E-state index in [9.17, 15) is 9.59 Å². The summed E-state index contributed by atoms with van der Waals surface area (Å²) in [7, 11) is 1.84. The summed E-state index contributed by atoms with van der Waals surface area (Å²) in [4.78, 5) is 32.4. The number of nitrogens with zero attached hydrogens (tertiary/aromatic N) is 4. The van der Waals surface area contributed by atoms with E-state index in [4.69, 9.17) is 4.74 Å². The number of ether oxygens (including phenoxy) is 1. The van der Waals surface area contributed by atoms with Crippen molar-refractivity contribution in [1.29, 1.82) is 0 Å². The Balaban J connectivity index is 1.70. The van der Waals surface area contributed by atoms with E-state index >= 15 is 0 Å². The first-order chi connectivity index (χ1) is 11.0. The van der Waals surface area contributed by atoms with E-state index in [2.05, 4.69) is 9.80 Å². The van der Waals surface area contributed by atoms with Crippen molar-refractivity contribution in [3.05, 3.63) is 0 Å². The lowest BCUT2D eigenvalue weighted by atomic mass is 10.2. The van der Waals surface area contributed by atoms with E-state index in [-0.39, 0.29) is 17.9 Å². The fraction of sp³-hybridized carbons (Fsp3) is 0.875. The molecule has 0 spiro atoms. The van der Waals surface area contributed by atoms with E-state index in [0.29, 0.717) is 39.4 Å². The van der Waals surface area contributed by atoms with Gasteiger partial charge in [0, 0.05) is 52.4 Å². The molecule has 0 bridgehead atoms. The average Bonchev–Trinajstić information content (AvgIpc) is 2.55. The van der Waals surface area contributed by atoms with Crippen LogP contribution in [0.2, 0.25) is 0 Å². The Hall–Kier alpha value is -1.18. The lowest BCUT2D eigenvalue weighted by molar-refractivity contribution is -0.136. The summed E-state index contributed by atoms with van der Waals surface area (Å²) in [6, 6.07) is 0.221. The van der Waals surface area contributed by atoms with Crippen LogP contribution in [0, 0.1) is 0 Å². The number of carbonyl (C=O) groups excluding carboxylic acids is 2. The van der Waals surface area contributed by atoms with Gasteiger partial charge in [-0.2, -0.15) is 0 Å². The lowest BCUT2D eigenvalue weighted by Crippen LogP contribution is -2.54. The number of likely N-dealkylation sites (N-methyl/N-ethyl adjacent to an activating group) is 1. The molecular weight excluding hydrogens is 296 g/mol. The summed E-state index contributed by atoms with van der Waals surface area (Å²) < 4.78 is 5.30. The van der Waals surface area contributed by atoms with Gasteiger partial charge in [0.2, 0.25) is 11.8 Å². The minimum absolute atomic E-state index is 0.146. The van der Waals surface area contributed by atoms with Crippen LogP contribution in [0.1, 0.15) is 13.8 Å². The second-order valence-electron chi connectivity index (χ2n) is 6.64. The molecule has 0 aliphatic carbocycles. The van der Waals surface area contributed by atoms with Crippen LogP contribution in [0.4, 0.5) is 0 Å². The molecule has 2 heterocycles. The minimum Gasteiger partial charge on any atom is -0.379 e. The molecule has 0 radical (unpaired) electrons. The molecule has 132 valence electrons. The van der Waals surface area contributed by atoms with Crippen molar-refractivity contribution in [2.45, 2.75) is 19.9 Å². The van der Waals surface area contributed by atoms with E-state index in [0.717, 1.165) is 26.2 Å². The van der Waals surface area contributed by atoms with Gasteiger partial charge in [-0.25, -0.2) is 0 Å². The highest BCUT2D eigenvalue weighted by atomic mass is 16.5. The first-order valence-corrected chi connectivity index (χ1v) is 8.53. The van der Waals surface area contributed by atoms with Gasteiger partial charge in [-0.05, 0) is 13.8 Å². The van der Waals surface area contributed by atoms with Crippen LogP contribution < -0.4 is 0 Å². The fourth-order valence-corrected chi connectivity index (χ4v) is 2.80. The van der Waals surface area contributed by atoms with Crippen LogP contribution >= 0.6 is 0 Å². The molecule has 0 aromatic heterocycles. The molecule has 23 heavy (non-hydrogen) atoms. The first kappa shape index (κ1) is 18.2. The second kappa shape index (κ2) is 8.61. The predicted octanol–water partition coefficient (Wildman–Crippen LogP) is -0.670. The third-order valence-corrected chi connectivity index (χ3v) is 4.71. The SMILES string of the molecule is CC(C)N(C)C(=O)CN1CCN(C(=O)CN2CCOCC2)CC1. The van der Waals surface area contributed by atoms with Gasteiger partial charge in [-0.1, -0.05) is 0 Å². The zero-order valence-electron chi connectivity index (χ0n) is 14.7. The smallest absolute Gasteiger partial charge is 0.236 e. The van der Waals surface area contributed by atoms with Crippen molar-refractivity contribution in [3.8, 4) is 0 Å². The standard InChI is InChI=1S/C16H30N4O3/c1-14(2)17(3)15(21)12-18-4-6-20(7-5-18)16(22)13-19-8-10-23-11-9-19/h14H,4-13H2,1-3H3. The van der Waals surface area contributed by atoms with Crippen LogP contribution in [0.15, 0.2) is 0 Å². The predicted molar refractivity (Wildman–Crippen MR) is 88.2 cm³/mol. The van der Waals surface area contributed by atoms with Crippen molar-refractivity contribution < 1.29 is 14.3 Å². The van der Waals surface area contributed by atoms with Crippen molar-refractivity contribution in [3.63, 3.8) is 0 Å². The Bertz CT molecular complexity index is 402. The Morgan fingerprint density at radius 2 is 1.52 bits per heavy atom. The molecule has 2 rings (SSSR count). The Labute approximate surface area is 139 Å². The number of rotatable bonds is 5. The maximum absolute atomic E-state index is 12.3. The first-order valence-electron chi connectivity index (χ1n) is 8.53. The highest BCUT2D eigenvalue weighted by molar-refractivity contribution is 5.79. The summed E-state index contributed by atoms with van der Waals surface area (Å²) in [5, 5.41) is 0. The molecule has 0 unspecified atom stereocenters. The number of amides is 2. The largest absolute Gasteiger partial charge is 0.379 e. The highest BCUT2D eigenvalue weighted by Gasteiger charge is 2.25. The zero-order chi connectivity index (χ0) is 16.8. The number of hydrogen-bond acceptors (Lipinski definition) is 5. The van der Waals surface area contributed by atoms with Crippen LogP contribution in [0.5, 0.6) is 0 Å². The van der Waals surface area contributed by atoms with E-state index in [1.54, 1.807) is 4.90 Å². The van der Waals surface area contributed by atoms with Gasteiger partial charge in [-0.3, -0.25) is 19.4 Å². The molecule has 7 heteroatoms. The van der Waals surface area contributed by atoms with Gasteiger partial charge in [-0.15, -0.1) is 0 Å². The van der Waals surface area contributed by atoms with E-state index < -0.39 is 0 Å². The summed E-state index contributed by atoms with van der Waals surface area (Å²) in [5.41, 5.74) is 0. The number of hydrogen-bond donors (Lipinski definition) is 0. The van der Waals surface area contributed by atoms with Crippen LogP contribution in [0.25, 0.3) is 0 Å². The van der Waals surface area contributed by atoms with Gasteiger partial charge in [0.25, 0.3) is 0 Å². The number of morpholine rings is 1. The average molecular weight is 326 g/mol. The van der Waals surface area contributed by atoms with E-state index in [1.165, 1.54) is 0 Å². The third-order valence-electron chi connectivity index (χ3n) is 4.71. The van der Waals surface area contributed by atoms with Crippen molar-refractivity contribution in [2.75, 3.05) is 72.6 Å². The number of carbonyl (C=O) groups is 2. The summed E-state index contributed by atoms with van der Waals surface area (Å²) in [6.07, 6.45) is 0. The summed E-state index contributed by atoms with van der Waals surface area (Å²) in [5.74, 6) is 0.338. The molecular formula is C16H30N4O3. The van der Waals surface area contributed by atoms with Crippen LogP contribution in [-0.4, -0.2) is 110 Å². The molecule has 2 amide bonds. The maximum Gasteiger partial charge on any atom is 0.236 e. The van der Waals surface area contributed by atoms with Crippen LogP contribution in [0.3, 0.4) is 0 Å². The fourth-order valence-electron chi connectivity index (χ4n) is 2.80. The van der Waals surface area contributed by atoms with Crippen molar-refractivity contribution in [2.24, 2.45) is 0 Å². The highest BCUT2D eigenvalue weighted by Crippen LogP contribution is 2.06. The summed E-state index contributed by atoms with van der Waals surface area (Å²) in [6.45, 7) is 11.0. The van der Waals surface area contributed by atoms with Gasteiger partial charge >= 0.3 is 0 Å². The third kappa shape index (κ3) is 5.44. The van der Waals surface area contributed by atoms with Gasteiger partial charge < -0.3 is 14.5 Å². The van der Waals surface area contributed by atoms with Crippen LogP contribution in [-0.2, 0) is 14.3 Å². The molecule has 0 N–H and O–H groups in total. The van der Waals surface area contributed by atoms with Gasteiger partial charge in [0.15, 0.2) is 0 Å². The molecule has 0 saturated carbocycles. The zero-order valence-corrected chi connectivity index (χ0v) is 14.7. The molecule has 2 saturated heterocycles. The van der Waals surface area contributed by atoms with Crippen molar-refractivity contribution >= 4 is 11.8 Å². The molecule has 7 nitrogen and oxygen atoms in total. The minimum atomic E-state index is 0.146. The monoisotopic (exact) mass is 326 g/mol. The second-order valence-corrected chi connectivity index (χ2v) is 6.64. The molecule has 2 fully saturated rings.